The number of benzene rings is 1. The van der Waals surface area contributed by atoms with E-state index in [2.05, 4.69) is 43.1 Å². The van der Waals surface area contributed by atoms with Crippen molar-refractivity contribution < 1.29 is 9.53 Å². The standard InChI is InChI=1S/C23H25ClIN5O3/c1-26-22(31)13-33-20-10-14-9-16(3-4-19(14)29(2)23(20)32)28-18-11-21(27-12-17(18)24)30-7-5-15(25)6-8-30/h3-4,9-12,15H,5-8,13H2,1-2H3,(H,26,31)(H,27,28). The van der Waals surface area contributed by atoms with Gasteiger partial charge in [-0.1, -0.05) is 34.2 Å². The second kappa shape index (κ2) is 10.2. The highest BCUT2D eigenvalue weighted by molar-refractivity contribution is 14.1. The Hall–Kier alpha value is -2.53. The number of nitrogens with one attached hydrogen (secondary N) is 2. The van der Waals surface area contributed by atoms with E-state index >= 15 is 0 Å². The lowest BCUT2D eigenvalue weighted by Gasteiger charge is -2.30. The Balaban J connectivity index is 1.61. The van der Waals surface area contributed by atoms with Gasteiger partial charge < -0.3 is 24.8 Å². The summed E-state index contributed by atoms with van der Waals surface area (Å²) in [5.41, 5.74) is 2.02. The van der Waals surface area contributed by atoms with Gasteiger partial charge in [-0.25, -0.2) is 4.98 Å². The molecule has 0 atom stereocenters. The van der Waals surface area contributed by atoms with E-state index in [0.29, 0.717) is 8.95 Å². The Bertz CT molecular complexity index is 1240. The fourth-order valence-electron chi connectivity index (χ4n) is 3.78. The van der Waals surface area contributed by atoms with Gasteiger partial charge in [0.15, 0.2) is 12.4 Å². The third-order valence-corrected chi connectivity index (χ3v) is 7.24. The third kappa shape index (κ3) is 5.35. The van der Waals surface area contributed by atoms with Gasteiger partial charge >= 0.3 is 0 Å². The van der Waals surface area contributed by atoms with Crippen molar-refractivity contribution in [1.82, 2.24) is 14.9 Å². The average Bonchev–Trinajstić information content (AvgIpc) is 2.82. The number of ether oxygens (including phenoxy) is 1. The first-order chi connectivity index (χ1) is 15.9. The minimum absolute atomic E-state index is 0.119. The SMILES string of the molecule is CNC(=O)COc1cc2cc(Nc3cc(N4CCC(I)CC4)ncc3Cl)ccc2n(C)c1=O. The van der Waals surface area contributed by atoms with Crippen molar-refractivity contribution in [3.05, 3.63) is 51.9 Å². The van der Waals surface area contributed by atoms with E-state index in [4.69, 9.17) is 16.3 Å². The van der Waals surface area contributed by atoms with Gasteiger partial charge in [-0.3, -0.25) is 9.59 Å². The summed E-state index contributed by atoms with van der Waals surface area (Å²) in [6.07, 6.45) is 3.95. The predicted molar refractivity (Wildman–Crippen MR) is 141 cm³/mol. The Morgan fingerprint density at radius 2 is 2.03 bits per heavy atom. The van der Waals surface area contributed by atoms with E-state index in [0.717, 1.165) is 54.0 Å². The number of pyridine rings is 2. The number of anilines is 3. The summed E-state index contributed by atoms with van der Waals surface area (Å²) in [5.74, 6) is 0.713. The van der Waals surface area contributed by atoms with Crippen molar-refractivity contribution in [2.24, 2.45) is 7.05 Å². The molecule has 1 aliphatic rings. The van der Waals surface area contributed by atoms with E-state index in [9.17, 15) is 9.59 Å². The van der Waals surface area contributed by atoms with Crippen LogP contribution in [0.25, 0.3) is 10.9 Å². The van der Waals surface area contributed by atoms with Crippen LogP contribution in [0.15, 0.2) is 41.3 Å². The number of fused-ring (bicyclic) bond motifs is 1. The van der Waals surface area contributed by atoms with Crippen LogP contribution in [0.1, 0.15) is 12.8 Å². The van der Waals surface area contributed by atoms with E-state index in [1.165, 1.54) is 11.6 Å². The van der Waals surface area contributed by atoms with Crippen molar-refractivity contribution in [3.8, 4) is 5.75 Å². The monoisotopic (exact) mass is 581 g/mol. The lowest BCUT2D eigenvalue weighted by molar-refractivity contribution is -0.122. The molecule has 4 rings (SSSR count). The third-order valence-electron chi connectivity index (χ3n) is 5.70. The molecule has 2 N–H and O–H groups in total. The normalized spacial score (nSPS) is 14.4. The van der Waals surface area contributed by atoms with Crippen LogP contribution < -0.4 is 25.8 Å². The molecule has 1 aliphatic heterocycles. The largest absolute Gasteiger partial charge is 0.478 e. The molecular weight excluding hydrogens is 557 g/mol. The molecule has 0 bridgehead atoms. The lowest BCUT2D eigenvalue weighted by Crippen LogP contribution is -2.34. The summed E-state index contributed by atoms with van der Waals surface area (Å²) in [6, 6.07) is 9.30. The van der Waals surface area contributed by atoms with Crippen molar-refractivity contribution in [1.29, 1.82) is 0 Å². The van der Waals surface area contributed by atoms with E-state index in [-0.39, 0.29) is 23.8 Å². The van der Waals surface area contributed by atoms with Gasteiger partial charge in [0.2, 0.25) is 0 Å². The molecule has 0 aliphatic carbocycles. The number of amides is 1. The number of hydrogen-bond acceptors (Lipinski definition) is 6. The summed E-state index contributed by atoms with van der Waals surface area (Å²) in [7, 11) is 3.19. The molecule has 10 heteroatoms. The number of piperidine rings is 1. The fourth-order valence-corrected chi connectivity index (χ4v) is 4.49. The number of carbonyl (C=O) groups excluding carboxylic acids is 1. The molecule has 0 spiro atoms. The molecule has 174 valence electrons. The maximum atomic E-state index is 12.6. The van der Waals surface area contributed by atoms with Crippen LogP contribution >= 0.6 is 34.2 Å². The molecule has 2 aromatic heterocycles. The van der Waals surface area contributed by atoms with Crippen LogP contribution in [0.4, 0.5) is 17.2 Å². The Morgan fingerprint density at radius 1 is 1.27 bits per heavy atom. The van der Waals surface area contributed by atoms with Crippen LogP contribution in [-0.4, -0.2) is 46.1 Å². The van der Waals surface area contributed by atoms with E-state index < -0.39 is 0 Å². The molecule has 0 saturated carbocycles. The first kappa shape index (κ1) is 23.6. The van der Waals surface area contributed by atoms with Gasteiger partial charge in [0.1, 0.15) is 5.82 Å². The van der Waals surface area contributed by atoms with Crippen LogP contribution in [0.3, 0.4) is 0 Å². The lowest BCUT2D eigenvalue weighted by atomic mass is 10.1. The van der Waals surface area contributed by atoms with Gasteiger partial charge in [-0.05, 0) is 37.1 Å². The summed E-state index contributed by atoms with van der Waals surface area (Å²) in [5, 5.41) is 7.17. The zero-order valence-electron chi connectivity index (χ0n) is 18.4. The second-order valence-electron chi connectivity index (χ2n) is 7.92. The molecule has 0 radical (unpaired) electrons. The minimum atomic E-state index is -0.307. The van der Waals surface area contributed by atoms with Crippen LogP contribution in [-0.2, 0) is 11.8 Å². The molecule has 8 nitrogen and oxygen atoms in total. The molecule has 1 aromatic carbocycles. The molecule has 3 aromatic rings. The Labute approximate surface area is 210 Å². The quantitative estimate of drug-likeness (QED) is 0.340. The first-order valence-electron chi connectivity index (χ1n) is 10.6. The number of carbonyl (C=O) groups is 1. The number of aryl methyl sites for hydroxylation is 1. The molecule has 33 heavy (non-hydrogen) atoms. The minimum Gasteiger partial charge on any atom is -0.478 e. The summed E-state index contributed by atoms with van der Waals surface area (Å²) in [4.78, 5) is 30.9. The summed E-state index contributed by atoms with van der Waals surface area (Å²) in [6.45, 7) is 1.73. The maximum absolute atomic E-state index is 12.6. The zero-order chi connectivity index (χ0) is 23.5. The van der Waals surface area contributed by atoms with Gasteiger partial charge in [0.05, 0.1) is 22.4 Å². The molecule has 0 unspecified atom stereocenters. The fraction of sp³-hybridized carbons (Fsp3) is 0.348. The van der Waals surface area contributed by atoms with Gasteiger partial charge in [0, 0.05) is 48.2 Å². The summed E-state index contributed by atoms with van der Waals surface area (Å²) < 4.78 is 7.66. The highest BCUT2D eigenvalue weighted by Crippen LogP contribution is 2.31. The smallest absolute Gasteiger partial charge is 0.293 e. The van der Waals surface area contributed by atoms with Gasteiger partial charge in [0.25, 0.3) is 11.5 Å². The van der Waals surface area contributed by atoms with Crippen LogP contribution in [0.2, 0.25) is 5.02 Å². The summed E-state index contributed by atoms with van der Waals surface area (Å²) >= 11 is 8.94. The number of aromatic nitrogens is 2. The zero-order valence-corrected chi connectivity index (χ0v) is 21.3. The number of likely N-dealkylation sites (N-methyl/N-ethyl adjacent to an activating group) is 1. The molecule has 3 heterocycles. The molecule has 1 fully saturated rings. The highest BCUT2D eigenvalue weighted by Gasteiger charge is 2.19. The second-order valence-corrected chi connectivity index (χ2v) is 10.1. The van der Waals surface area contributed by atoms with Crippen molar-refractivity contribution in [2.75, 3.05) is 37.0 Å². The molecule has 1 saturated heterocycles. The topological polar surface area (TPSA) is 88.5 Å². The average molecular weight is 582 g/mol. The predicted octanol–water partition coefficient (Wildman–Crippen LogP) is 3.86. The van der Waals surface area contributed by atoms with Crippen LogP contribution in [0, 0.1) is 0 Å². The van der Waals surface area contributed by atoms with Crippen LogP contribution in [0.5, 0.6) is 5.75 Å². The molecular formula is C23H25ClIN5O3. The van der Waals surface area contributed by atoms with E-state index in [1.54, 1.807) is 19.3 Å². The van der Waals surface area contributed by atoms with E-state index in [1.807, 2.05) is 24.3 Å². The number of alkyl halides is 1. The maximum Gasteiger partial charge on any atom is 0.293 e. The number of rotatable bonds is 6. The van der Waals surface area contributed by atoms with Gasteiger partial charge in [-0.15, -0.1) is 0 Å². The first-order valence-corrected chi connectivity index (χ1v) is 12.3. The Kier molecular flexibility index (Phi) is 7.28. The Morgan fingerprint density at radius 3 is 2.76 bits per heavy atom. The number of halogens is 2. The molecule has 1 amide bonds. The van der Waals surface area contributed by atoms with Gasteiger partial charge in [-0.2, -0.15) is 0 Å². The number of hydrogen-bond donors (Lipinski definition) is 2. The van der Waals surface area contributed by atoms with Crippen molar-refractivity contribution >= 4 is 68.2 Å². The highest BCUT2D eigenvalue weighted by atomic mass is 127. The van der Waals surface area contributed by atoms with Crippen molar-refractivity contribution in [3.63, 3.8) is 0 Å². The number of nitrogens with zero attached hydrogens (tertiary/aromatic N) is 3. The van der Waals surface area contributed by atoms with Crippen molar-refractivity contribution in [2.45, 2.75) is 16.8 Å².